The highest BCUT2D eigenvalue weighted by Gasteiger charge is 2.07. The molecule has 0 spiro atoms. The number of hydrogen-bond acceptors (Lipinski definition) is 2. The molecule has 1 aliphatic rings. The third-order valence-corrected chi connectivity index (χ3v) is 1.93. The van der Waals surface area contributed by atoms with Crippen molar-refractivity contribution in [2.45, 2.75) is 6.54 Å². The summed E-state index contributed by atoms with van der Waals surface area (Å²) >= 11 is 0. The monoisotopic (exact) mass is 158 g/mol. The van der Waals surface area contributed by atoms with Gasteiger partial charge in [-0.05, 0) is 17.2 Å². The van der Waals surface area contributed by atoms with Crippen LogP contribution in [0.25, 0.3) is 6.08 Å². The molecule has 0 unspecified atom stereocenters. The molecular formula is C10H8NO. The highest BCUT2D eigenvalue weighted by Crippen LogP contribution is 2.15. The zero-order chi connectivity index (χ0) is 8.39. The standard InChI is InChI=1S/C10H8NO/c12-7-10-5-8-3-1-2-4-9(8)6-11-10/h1-5,11H,6H2. The minimum absolute atomic E-state index is 0.536. The summed E-state index contributed by atoms with van der Waals surface area (Å²) in [4.78, 5) is 10.3. The number of carbonyl (C=O) groups excluding carboxylic acids is 1. The number of hydrogen-bond donors (Lipinski definition) is 1. The lowest BCUT2D eigenvalue weighted by Gasteiger charge is -2.14. The number of rotatable bonds is 1. The van der Waals surface area contributed by atoms with Gasteiger partial charge in [0.2, 0.25) is 0 Å². The fraction of sp³-hybridized carbons (Fsp3) is 0.100. The van der Waals surface area contributed by atoms with E-state index in [4.69, 9.17) is 0 Å². The molecule has 0 atom stereocenters. The maximum atomic E-state index is 10.3. The predicted molar refractivity (Wildman–Crippen MR) is 47.0 cm³/mol. The Morgan fingerprint density at radius 2 is 2.17 bits per heavy atom. The Bertz CT molecular complexity index is 341. The van der Waals surface area contributed by atoms with Gasteiger partial charge in [0.05, 0.1) is 5.70 Å². The largest absolute Gasteiger partial charge is 0.378 e. The lowest BCUT2D eigenvalue weighted by atomic mass is 10.0. The zero-order valence-corrected chi connectivity index (χ0v) is 6.50. The van der Waals surface area contributed by atoms with Crippen molar-refractivity contribution in [3.8, 4) is 0 Å². The quantitative estimate of drug-likeness (QED) is 0.666. The third kappa shape index (κ3) is 1.11. The van der Waals surface area contributed by atoms with E-state index in [9.17, 15) is 4.79 Å². The van der Waals surface area contributed by atoms with E-state index < -0.39 is 0 Å². The van der Waals surface area contributed by atoms with Crippen molar-refractivity contribution in [3.63, 3.8) is 0 Å². The predicted octanol–water partition coefficient (Wildman–Crippen LogP) is 1.24. The molecule has 0 amide bonds. The summed E-state index contributed by atoms with van der Waals surface area (Å²) in [6.45, 7) is 0.719. The molecule has 12 heavy (non-hydrogen) atoms. The molecule has 2 rings (SSSR count). The Morgan fingerprint density at radius 3 is 3.00 bits per heavy atom. The molecule has 0 fully saturated rings. The first-order chi connectivity index (χ1) is 5.90. The maximum Gasteiger partial charge on any atom is 0.250 e. The van der Waals surface area contributed by atoms with Gasteiger partial charge in [0.15, 0.2) is 0 Å². The van der Waals surface area contributed by atoms with Crippen LogP contribution in [0.4, 0.5) is 0 Å². The summed E-state index contributed by atoms with van der Waals surface area (Å²) < 4.78 is 0. The van der Waals surface area contributed by atoms with Crippen LogP contribution in [0, 0.1) is 0 Å². The highest BCUT2D eigenvalue weighted by atomic mass is 16.1. The van der Waals surface area contributed by atoms with Gasteiger partial charge in [-0.1, -0.05) is 24.3 Å². The summed E-state index contributed by atoms with van der Waals surface area (Å²) in [6.07, 6.45) is 3.66. The third-order valence-electron chi connectivity index (χ3n) is 1.93. The first-order valence-electron chi connectivity index (χ1n) is 3.82. The van der Waals surface area contributed by atoms with Crippen LogP contribution in [-0.2, 0) is 11.3 Å². The highest BCUT2D eigenvalue weighted by molar-refractivity contribution is 5.82. The average Bonchev–Trinajstić information content (AvgIpc) is 2.17. The minimum atomic E-state index is 0.536. The number of fused-ring (bicyclic) bond motifs is 1. The maximum absolute atomic E-state index is 10.3. The van der Waals surface area contributed by atoms with Crippen LogP contribution in [0.5, 0.6) is 0 Å². The Kier molecular flexibility index (Phi) is 1.67. The summed E-state index contributed by atoms with van der Waals surface area (Å²) in [5.74, 6) is 0. The topological polar surface area (TPSA) is 29.1 Å². The molecule has 1 aromatic carbocycles. The molecule has 1 aliphatic heterocycles. The first kappa shape index (κ1) is 7.10. The van der Waals surface area contributed by atoms with Gasteiger partial charge in [-0.25, -0.2) is 0 Å². The van der Waals surface area contributed by atoms with Crippen molar-refractivity contribution in [2.24, 2.45) is 0 Å². The number of allylic oxidation sites excluding steroid dienone is 1. The van der Waals surface area contributed by atoms with E-state index in [-0.39, 0.29) is 0 Å². The molecule has 2 nitrogen and oxygen atoms in total. The summed E-state index contributed by atoms with van der Waals surface area (Å²) in [5.41, 5.74) is 2.86. The molecule has 1 radical (unpaired) electrons. The second-order valence-corrected chi connectivity index (χ2v) is 2.71. The van der Waals surface area contributed by atoms with Crippen molar-refractivity contribution >= 4 is 12.4 Å². The summed E-state index contributed by atoms with van der Waals surface area (Å²) in [5, 5.41) is 2.96. The van der Waals surface area contributed by atoms with Crippen molar-refractivity contribution in [1.29, 1.82) is 0 Å². The SMILES string of the molecule is O=[C]C1=Cc2ccccc2CN1. The molecule has 0 saturated heterocycles. The Hall–Kier alpha value is -1.57. The number of benzene rings is 1. The molecule has 0 aliphatic carbocycles. The van der Waals surface area contributed by atoms with Crippen LogP contribution >= 0.6 is 0 Å². The van der Waals surface area contributed by atoms with E-state index in [0.717, 1.165) is 12.1 Å². The van der Waals surface area contributed by atoms with Gasteiger partial charge in [0.25, 0.3) is 6.29 Å². The number of nitrogens with one attached hydrogen (secondary N) is 1. The Balaban J connectivity index is 2.47. The molecule has 59 valence electrons. The normalized spacial score (nSPS) is 14.2. The minimum Gasteiger partial charge on any atom is -0.378 e. The van der Waals surface area contributed by atoms with E-state index in [1.54, 1.807) is 0 Å². The van der Waals surface area contributed by atoms with Crippen LogP contribution in [-0.4, -0.2) is 6.29 Å². The van der Waals surface area contributed by atoms with Gasteiger partial charge in [0, 0.05) is 6.54 Å². The van der Waals surface area contributed by atoms with Crippen LogP contribution in [0.3, 0.4) is 0 Å². The lowest BCUT2D eigenvalue weighted by molar-refractivity contribution is 0.557. The van der Waals surface area contributed by atoms with Crippen LogP contribution in [0.1, 0.15) is 11.1 Å². The smallest absolute Gasteiger partial charge is 0.250 e. The molecule has 0 bridgehead atoms. The van der Waals surface area contributed by atoms with Crippen molar-refractivity contribution in [1.82, 2.24) is 5.32 Å². The van der Waals surface area contributed by atoms with Gasteiger partial charge in [-0.3, -0.25) is 4.79 Å². The lowest BCUT2D eigenvalue weighted by Crippen LogP contribution is -2.18. The molecule has 2 heteroatoms. The van der Waals surface area contributed by atoms with Gasteiger partial charge >= 0.3 is 0 Å². The summed E-state index contributed by atoms with van der Waals surface area (Å²) in [7, 11) is 0. The van der Waals surface area contributed by atoms with Gasteiger partial charge < -0.3 is 5.32 Å². The first-order valence-corrected chi connectivity index (χ1v) is 3.82. The molecule has 0 aromatic heterocycles. The van der Waals surface area contributed by atoms with Crippen LogP contribution in [0.15, 0.2) is 30.0 Å². The van der Waals surface area contributed by atoms with Crippen molar-refractivity contribution < 1.29 is 4.79 Å². The zero-order valence-electron chi connectivity index (χ0n) is 6.50. The molecule has 0 saturated carbocycles. The van der Waals surface area contributed by atoms with E-state index in [1.165, 1.54) is 5.56 Å². The average molecular weight is 158 g/mol. The molecule has 1 N–H and O–H groups in total. The molecule has 1 heterocycles. The van der Waals surface area contributed by atoms with E-state index >= 15 is 0 Å². The second-order valence-electron chi connectivity index (χ2n) is 2.71. The van der Waals surface area contributed by atoms with E-state index in [1.807, 2.05) is 36.6 Å². The fourth-order valence-corrected chi connectivity index (χ4v) is 1.30. The Labute approximate surface area is 70.9 Å². The van der Waals surface area contributed by atoms with Gasteiger partial charge in [-0.15, -0.1) is 0 Å². The summed E-state index contributed by atoms with van der Waals surface area (Å²) in [6, 6.07) is 7.99. The second kappa shape index (κ2) is 2.81. The molecule has 1 aromatic rings. The van der Waals surface area contributed by atoms with Gasteiger partial charge in [0.1, 0.15) is 0 Å². The Morgan fingerprint density at radius 1 is 1.33 bits per heavy atom. The van der Waals surface area contributed by atoms with Gasteiger partial charge in [-0.2, -0.15) is 0 Å². The van der Waals surface area contributed by atoms with Crippen LogP contribution < -0.4 is 5.32 Å². The van der Waals surface area contributed by atoms with Crippen molar-refractivity contribution in [2.75, 3.05) is 0 Å². The van der Waals surface area contributed by atoms with E-state index in [0.29, 0.717) is 5.70 Å². The fourth-order valence-electron chi connectivity index (χ4n) is 1.30. The molecular weight excluding hydrogens is 150 g/mol. The van der Waals surface area contributed by atoms with Crippen molar-refractivity contribution in [3.05, 3.63) is 41.1 Å². The van der Waals surface area contributed by atoms with E-state index in [2.05, 4.69) is 5.32 Å². The van der Waals surface area contributed by atoms with Crippen LogP contribution in [0.2, 0.25) is 0 Å².